The molecule has 3 aromatic carbocycles. The minimum absolute atomic E-state index is 0.0453. The molecule has 0 saturated carbocycles. The molecule has 31 heavy (non-hydrogen) atoms. The number of rotatable bonds is 5. The Balaban J connectivity index is 1.36. The highest BCUT2D eigenvalue weighted by atomic mass is 32.1. The number of hydrogen-bond acceptors (Lipinski definition) is 3. The molecule has 0 spiro atoms. The van der Waals surface area contributed by atoms with Crippen molar-refractivity contribution in [3.63, 3.8) is 0 Å². The van der Waals surface area contributed by atoms with Crippen molar-refractivity contribution in [3.05, 3.63) is 95.7 Å². The molecule has 154 valence electrons. The van der Waals surface area contributed by atoms with E-state index in [1.54, 1.807) is 11.3 Å². The molecule has 1 N–H and O–H groups in total. The topological polar surface area (TPSA) is 46.4 Å². The molecule has 4 nitrogen and oxygen atoms in total. The van der Waals surface area contributed by atoms with Crippen molar-refractivity contribution in [2.75, 3.05) is 6.54 Å². The first-order chi connectivity index (χ1) is 15.1. The van der Waals surface area contributed by atoms with Gasteiger partial charge in [-0.3, -0.25) is 9.20 Å². The molecule has 2 heterocycles. The molecule has 5 aromatic rings. The number of aromatic nitrogens is 2. The molecule has 0 unspecified atom stereocenters. The van der Waals surface area contributed by atoms with Gasteiger partial charge in [-0.2, -0.15) is 0 Å². The first-order valence-corrected chi connectivity index (χ1v) is 11.2. The molecule has 0 aliphatic carbocycles. The summed E-state index contributed by atoms with van der Waals surface area (Å²) in [6.07, 6.45) is 2.07. The Bertz CT molecular complexity index is 1370. The van der Waals surface area contributed by atoms with Crippen molar-refractivity contribution in [2.45, 2.75) is 19.8 Å². The quantitative estimate of drug-likeness (QED) is 0.372. The number of thiazole rings is 1. The van der Waals surface area contributed by atoms with Gasteiger partial charge in [0.15, 0.2) is 4.96 Å². The number of nitrogens with zero attached hydrogens (tertiary/aromatic N) is 2. The molecule has 2 aromatic heterocycles. The average Bonchev–Trinajstić information content (AvgIpc) is 3.36. The van der Waals surface area contributed by atoms with Crippen molar-refractivity contribution in [2.24, 2.45) is 0 Å². The van der Waals surface area contributed by atoms with Crippen LogP contribution in [0, 0.1) is 6.92 Å². The predicted molar refractivity (Wildman–Crippen MR) is 128 cm³/mol. The van der Waals surface area contributed by atoms with E-state index in [2.05, 4.69) is 66.2 Å². The number of amides is 1. The van der Waals surface area contributed by atoms with Crippen molar-refractivity contribution in [1.29, 1.82) is 0 Å². The summed E-state index contributed by atoms with van der Waals surface area (Å²) in [4.78, 5) is 18.4. The summed E-state index contributed by atoms with van der Waals surface area (Å²) in [6, 6.07) is 24.5. The maximum atomic E-state index is 12.7. The number of aryl methyl sites for hydroxylation is 1. The third-order valence-electron chi connectivity index (χ3n) is 5.64. The Morgan fingerprint density at radius 1 is 1.06 bits per heavy atom. The fourth-order valence-corrected chi connectivity index (χ4v) is 4.80. The minimum atomic E-state index is -0.0453. The maximum absolute atomic E-state index is 12.7. The van der Waals surface area contributed by atoms with Gasteiger partial charge in [-0.1, -0.05) is 78.4 Å². The van der Waals surface area contributed by atoms with Gasteiger partial charge in [0.2, 0.25) is 0 Å². The molecule has 0 aliphatic rings. The van der Waals surface area contributed by atoms with E-state index in [4.69, 9.17) is 4.98 Å². The number of benzene rings is 3. The second-order valence-corrected chi connectivity index (χ2v) is 8.96. The van der Waals surface area contributed by atoms with Crippen LogP contribution in [0.3, 0.4) is 0 Å². The number of carbonyl (C=O) groups excluding carboxylic acids is 1. The number of carbonyl (C=O) groups is 1. The molecule has 0 radical (unpaired) electrons. The molecule has 1 amide bonds. The second-order valence-electron chi connectivity index (χ2n) is 7.95. The van der Waals surface area contributed by atoms with Gasteiger partial charge in [-0.25, -0.2) is 4.98 Å². The van der Waals surface area contributed by atoms with E-state index in [-0.39, 0.29) is 11.8 Å². The monoisotopic (exact) mass is 425 g/mol. The molecule has 5 heteroatoms. The van der Waals surface area contributed by atoms with Gasteiger partial charge < -0.3 is 5.32 Å². The smallest absolute Gasteiger partial charge is 0.251 e. The number of hydrogen-bond donors (Lipinski definition) is 1. The van der Waals surface area contributed by atoms with E-state index in [0.29, 0.717) is 12.1 Å². The van der Waals surface area contributed by atoms with Crippen molar-refractivity contribution in [1.82, 2.24) is 14.7 Å². The molecule has 0 fully saturated rings. The SMILES string of the molecule is Cc1ccc(-c2cn3c(n2)sc2cc(C(=O)NC[C@@H](C)c4ccccc4)ccc23)cc1. The molecule has 0 aliphatic heterocycles. The summed E-state index contributed by atoms with van der Waals surface area (Å²) < 4.78 is 3.16. The highest BCUT2D eigenvalue weighted by Crippen LogP contribution is 2.30. The Kier molecular flexibility index (Phi) is 5.04. The van der Waals surface area contributed by atoms with Crippen LogP contribution >= 0.6 is 11.3 Å². The number of imidazole rings is 1. The Hall–Kier alpha value is -3.44. The summed E-state index contributed by atoms with van der Waals surface area (Å²) in [5.74, 6) is 0.218. The van der Waals surface area contributed by atoms with E-state index in [1.165, 1.54) is 11.1 Å². The van der Waals surface area contributed by atoms with Gasteiger partial charge in [0.1, 0.15) is 0 Å². The molecule has 1 atom stereocenters. The van der Waals surface area contributed by atoms with Gasteiger partial charge in [0, 0.05) is 23.9 Å². The second kappa shape index (κ2) is 8.00. The van der Waals surface area contributed by atoms with E-state index in [9.17, 15) is 4.79 Å². The fraction of sp³-hybridized carbons (Fsp3) is 0.154. The Morgan fingerprint density at radius 2 is 1.84 bits per heavy atom. The molecule has 0 saturated heterocycles. The zero-order chi connectivity index (χ0) is 21.4. The lowest BCUT2D eigenvalue weighted by atomic mass is 10.0. The van der Waals surface area contributed by atoms with E-state index >= 15 is 0 Å². The van der Waals surface area contributed by atoms with Crippen LogP contribution in [0.15, 0.2) is 79.0 Å². The third kappa shape index (κ3) is 3.84. The predicted octanol–water partition coefficient (Wildman–Crippen LogP) is 6.06. The highest BCUT2D eigenvalue weighted by Gasteiger charge is 2.14. The van der Waals surface area contributed by atoms with Crippen LogP contribution in [0.1, 0.15) is 34.3 Å². The summed E-state index contributed by atoms with van der Waals surface area (Å²) in [6.45, 7) is 4.81. The van der Waals surface area contributed by atoms with Gasteiger partial charge in [0.25, 0.3) is 5.91 Å². The van der Waals surface area contributed by atoms with Crippen LogP contribution in [0.25, 0.3) is 26.4 Å². The third-order valence-corrected chi connectivity index (χ3v) is 6.66. The van der Waals surface area contributed by atoms with Crippen LogP contribution < -0.4 is 5.32 Å². The van der Waals surface area contributed by atoms with Crippen molar-refractivity contribution in [3.8, 4) is 11.3 Å². The van der Waals surface area contributed by atoms with Crippen LogP contribution in [0.4, 0.5) is 0 Å². The van der Waals surface area contributed by atoms with Gasteiger partial charge in [0.05, 0.1) is 15.9 Å². The Labute approximate surface area is 185 Å². The lowest BCUT2D eigenvalue weighted by molar-refractivity contribution is 0.0952. The van der Waals surface area contributed by atoms with Crippen LogP contribution in [-0.4, -0.2) is 21.8 Å². The number of fused-ring (bicyclic) bond motifs is 3. The lowest BCUT2D eigenvalue weighted by Crippen LogP contribution is -2.27. The summed E-state index contributed by atoms with van der Waals surface area (Å²) in [5, 5.41) is 3.07. The maximum Gasteiger partial charge on any atom is 0.251 e. The highest BCUT2D eigenvalue weighted by molar-refractivity contribution is 7.23. The molecular formula is C26H23N3OS. The fourth-order valence-electron chi connectivity index (χ4n) is 3.75. The van der Waals surface area contributed by atoms with E-state index < -0.39 is 0 Å². The summed E-state index contributed by atoms with van der Waals surface area (Å²) in [7, 11) is 0. The molecular weight excluding hydrogens is 402 g/mol. The average molecular weight is 426 g/mol. The normalized spacial score (nSPS) is 12.3. The van der Waals surface area contributed by atoms with Crippen LogP contribution in [0.5, 0.6) is 0 Å². The number of nitrogens with one attached hydrogen (secondary N) is 1. The van der Waals surface area contributed by atoms with E-state index in [1.807, 2.05) is 36.4 Å². The summed E-state index contributed by atoms with van der Waals surface area (Å²) in [5.41, 5.74) is 6.28. The van der Waals surface area contributed by atoms with Gasteiger partial charge in [-0.15, -0.1) is 0 Å². The first kappa shape index (κ1) is 19.5. The van der Waals surface area contributed by atoms with Crippen LogP contribution in [-0.2, 0) is 0 Å². The zero-order valence-corrected chi connectivity index (χ0v) is 18.3. The van der Waals surface area contributed by atoms with E-state index in [0.717, 1.165) is 26.4 Å². The van der Waals surface area contributed by atoms with Crippen molar-refractivity contribution < 1.29 is 4.79 Å². The standard InChI is InChI=1S/C26H23N3OS/c1-17-8-10-20(11-9-17)22-16-29-23-13-12-21(14-24(23)31-26(29)28-22)25(30)27-15-18(2)19-6-4-3-5-7-19/h3-14,16,18H,15H2,1-2H3,(H,27,30)/t18-/m1/s1. The minimum Gasteiger partial charge on any atom is -0.351 e. The largest absolute Gasteiger partial charge is 0.351 e. The van der Waals surface area contributed by atoms with Crippen LogP contribution in [0.2, 0.25) is 0 Å². The molecule has 5 rings (SSSR count). The lowest BCUT2D eigenvalue weighted by Gasteiger charge is -2.13. The molecule has 0 bridgehead atoms. The zero-order valence-electron chi connectivity index (χ0n) is 17.5. The van der Waals surface area contributed by atoms with Gasteiger partial charge >= 0.3 is 0 Å². The summed E-state index contributed by atoms with van der Waals surface area (Å²) >= 11 is 1.61. The first-order valence-electron chi connectivity index (χ1n) is 10.4. The Morgan fingerprint density at radius 3 is 2.61 bits per heavy atom. The van der Waals surface area contributed by atoms with Crippen molar-refractivity contribution >= 4 is 32.4 Å². The van der Waals surface area contributed by atoms with Gasteiger partial charge in [-0.05, 0) is 36.6 Å².